The number of aliphatic hydroxyl groups is 1. The normalized spacial score (nSPS) is 27.2. The van der Waals surface area contributed by atoms with Gasteiger partial charge in [-0.15, -0.1) is 0 Å². The molecule has 7 rings (SSSR count). The van der Waals surface area contributed by atoms with Crippen molar-refractivity contribution >= 4 is 22.8 Å². The minimum atomic E-state index is -0.0974. The van der Waals surface area contributed by atoms with E-state index in [1.807, 2.05) is 24.3 Å². The van der Waals surface area contributed by atoms with E-state index in [1.165, 1.54) is 0 Å². The molecule has 9 nitrogen and oxygen atoms in total. The standard InChI is InChI=1S/C27H31N5O4/c1-34-24-9-2-16(10-17(24)15-33)23-8-7-22-25(28-23)29-27(32-13-20-5-6-21(14-32)36-20)30-26(22)31-11-18-3-4-19(12-31)35-18/h2,7-10,18-21,33H,3-6,11-15H2,1H3. The van der Waals surface area contributed by atoms with Gasteiger partial charge in [-0.2, -0.15) is 9.97 Å². The molecule has 0 amide bonds. The lowest BCUT2D eigenvalue weighted by molar-refractivity contribution is 0.0296. The van der Waals surface area contributed by atoms with Crippen molar-refractivity contribution in [3.05, 3.63) is 35.9 Å². The first-order valence-electron chi connectivity index (χ1n) is 12.9. The number of fused-ring (bicyclic) bond motifs is 5. The second-order valence-corrected chi connectivity index (χ2v) is 10.3. The van der Waals surface area contributed by atoms with E-state index in [2.05, 4.69) is 15.9 Å². The Bertz CT molecular complexity index is 1280. The maximum Gasteiger partial charge on any atom is 0.229 e. The van der Waals surface area contributed by atoms with Crippen LogP contribution in [0.15, 0.2) is 30.3 Å². The van der Waals surface area contributed by atoms with Crippen LogP contribution >= 0.6 is 0 Å². The summed E-state index contributed by atoms with van der Waals surface area (Å²) in [4.78, 5) is 19.8. The summed E-state index contributed by atoms with van der Waals surface area (Å²) in [6.07, 6.45) is 5.44. The molecular formula is C27H31N5O4. The van der Waals surface area contributed by atoms with Crippen LogP contribution in [0.3, 0.4) is 0 Å². The third-order valence-corrected chi connectivity index (χ3v) is 7.94. The van der Waals surface area contributed by atoms with Gasteiger partial charge >= 0.3 is 0 Å². The smallest absolute Gasteiger partial charge is 0.229 e. The Labute approximate surface area is 210 Å². The number of morpholine rings is 2. The Morgan fingerprint density at radius 1 is 0.861 bits per heavy atom. The molecule has 36 heavy (non-hydrogen) atoms. The molecule has 2 aromatic heterocycles. The van der Waals surface area contributed by atoms with E-state index in [4.69, 9.17) is 29.2 Å². The van der Waals surface area contributed by atoms with Gasteiger partial charge in [0, 0.05) is 37.3 Å². The largest absolute Gasteiger partial charge is 0.496 e. The molecule has 0 spiro atoms. The molecule has 3 aromatic rings. The minimum Gasteiger partial charge on any atom is -0.496 e. The number of hydrogen-bond acceptors (Lipinski definition) is 9. The average molecular weight is 490 g/mol. The Hall–Kier alpha value is -3.01. The first-order valence-corrected chi connectivity index (χ1v) is 12.9. The van der Waals surface area contributed by atoms with Gasteiger partial charge in [0.1, 0.15) is 11.6 Å². The molecule has 4 atom stereocenters. The van der Waals surface area contributed by atoms with Crippen molar-refractivity contribution in [1.82, 2.24) is 15.0 Å². The number of methoxy groups -OCH3 is 1. The topological polar surface area (TPSA) is 93.1 Å². The first-order chi connectivity index (χ1) is 17.7. The molecule has 4 saturated heterocycles. The maximum atomic E-state index is 9.80. The molecule has 1 N–H and O–H groups in total. The number of rotatable bonds is 5. The molecule has 4 fully saturated rings. The van der Waals surface area contributed by atoms with Crippen LogP contribution in [0.2, 0.25) is 0 Å². The molecule has 4 aliphatic rings. The maximum absolute atomic E-state index is 9.80. The summed E-state index contributed by atoms with van der Waals surface area (Å²) in [6.45, 7) is 3.22. The number of ether oxygens (including phenoxy) is 3. The summed E-state index contributed by atoms with van der Waals surface area (Å²) in [5, 5.41) is 10.8. The van der Waals surface area contributed by atoms with E-state index >= 15 is 0 Å². The Balaban J connectivity index is 1.32. The fourth-order valence-electron chi connectivity index (χ4n) is 6.15. The number of aliphatic hydroxyl groups excluding tert-OH is 1. The van der Waals surface area contributed by atoms with Crippen molar-refractivity contribution in [2.75, 3.05) is 43.1 Å². The number of aromatic nitrogens is 3. The van der Waals surface area contributed by atoms with Crippen molar-refractivity contribution in [1.29, 1.82) is 0 Å². The van der Waals surface area contributed by atoms with Crippen molar-refractivity contribution in [3.8, 4) is 17.0 Å². The van der Waals surface area contributed by atoms with Gasteiger partial charge in [-0.25, -0.2) is 4.98 Å². The summed E-state index contributed by atoms with van der Waals surface area (Å²) in [6, 6.07) is 9.86. The van der Waals surface area contributed by atoms with Gasteiger partial charge in [-0.1, -0.05) is 0 Å². The van der Waals surface area contributed by atoms with Crippen LogP contribution in [0, 0.1) is 0 Å². The summed E-state index contributed by atoms with van der Waals surface area (Å²) < 4.78 is 17.5. The molecular weight excluding hydrogens is 458 g/mol. The predicted molar refractivity (Wildman–Crippen MR) is 135 cm³/mol. The van der Waals surface area contributed by atoms with Crippen LogP contribution in [0.5, 0.6) is 5.75 Å². The molecule has 4 bridgehead atoms. The van der Waals surface area contributed by atoms with Gasteiger partial charge in [-0.3, -0.25) is 0 Å². The van der Waals surface area contributed by atoms with E-state index in [-0.39, 0.29) is 31.0 Å². The fourth-order valence-corrected chi connectivity index (χ4v) is 6.15. The van der Waals surface area contributed by atoms with E-state index in [1.54, 1.807) is 7.11 Å². The van der Waals surface area contributed by atoms with Gasteiger partial charge < -0.3 is 29.1 Å². The monoisotopic (exact) mass is 489 g/mol. The van der Waals surface area contributed by atoms with Crippen molar-refractivity contribution in [2.45, 2.75) is 56.7 Å². The lowest BCUT2D eigenvalue weighted by atomic mass is 10.1. The van der Waals surface area contributed by atoms with Crippen LogP contribution in [0.4, 0.5) is 11.8 Å². The second-order valence-electron chi connectivity index (χ2n) is 10.3. The van der Waals surface area contributed by atoms with Crippen molar-refractivity contribution in [2.24, 2.45) is 0 Å². The molecule has 4 aliphatic heterocycles. The molecule has 188 valence electrons. The van der Waals surface area contributed by atoms with Gasteiger partial charge in [0.2, 0.25) is 5.95 Å². The zero-order chi connectivity index (χ0) is 24.2. The third kappa shape index (κ3) is 3.86. The van der Waals surface area contributed by atoms with Crippen LogP contribution in [-0.2, 0) is 16.1 Å². The average Bonchev–Trinajstić information content (AvgIpc) is 3.45. The third-order valence-electron chi connectivity index (χ3n) is 7.94. The summed E-state index contributed by atoms with van der Waals surface area (Å²) >= 11 is 0. The molecule has 1 aromatic carbocycles. The van der Waals surface area contributed by atoms with Crippen LogP contribution in [0.25, 0.3) is 22.3 Å². The number of nitrogens with zero attached hydrogens (tertiary/aromatic N) is 5. The first kappa shape index (κ1) is 22.2. The Morgan fingerprint density at radius 2 is 1.53 bits per heavy atom. The second kappa shape index (κ2) is 8.83. The summed E-state index contributed by atoms with van der Waals surface area (Å²) in [5.41, 5.74) is 3.14. The highest BCUT2D eigenvalue weighted by molar-refractivity contribution is 5.90. The van der Waals surface area contributed by atoms with Crippen molar-refractivity contribution in [3.63, 3.8) is 0 Å². The van der Waals surface area contributed by atoms with E-state index in [0.29, 0.717) is 11.4 Å². The molecule has 9 heteroatoms. The highest BCUT2D eigenvalue weighted by atomic mass is 16.5. The van der Waals surface area contributed by atoms with E-state index < -0.39 is 0 Å². The lowest BCUT2D eigenvalue weighted by Gasteiger charge is -2.35. The zero-order valence-electron chi connectivity index (χ0n) is 20.5. The van der Waals surface area contributed by atoms with Gasteiger partial charge in [-0.05, 0) is 56.0 Å². The van der Waals surface area contributed by atoms with Crippen LogP contribution < -0.4 is 14.5 Å². The number of anilines is 2. The lowest BCUT2D eigenvalue weighted by Crippen LogP contribution is -2.45. The highest BCUT2D eigenvalue weighted by Gasteiger charge is 2.37. The number of pyridine rings is 1. The van der Waals surface area contributed by atoms with E-state index in [9.17, 15) is 5.11 Å². The highest BCUT2D eigenvalue weighted by Crippen LogP contribution is 2.36. The van der Waals surface area contributed by atoms with Crippen molar-refractivity contribution < 1.29 is 19.3 Å². The molecule has 6 heterocycles. The zero-order valence-corrected chi connectivity index (χ0v) is 20.5. The van der Waals surface area contributed by atoms with Gasteiger partial charge in [0.15, 0.2) is 5.65 Å². The molecule has 4 unspecified atom stereocenters. The van der Waals surface area contributed by atoms with Crippen LogP contribution in [-0.4, -0.2) is 77.8 Å². The summed E-state index contributed by atoms with van der Waals surface area (Å²) in [5.74, 6) is 2.34. The molecule has 0 saturated carbocycles. The minimum absolute atomic E-state index is 0.0974. The number of benzene rings is 1. The van der Waals surface area contributed by atoms with Gasteiger partial charge in [0.25, 0.3) is 0 Å². The van der Waals surface area contributed by atoms with Gasteiger partial charge in [0.05, 0.1) is 49.2 Å². The number of hydrogen-bond donors (Lipinski definition) is 1. The molecule has 0 radical (unpaired) electrons. The quantitative estimate of drug-likeness (QED) is 0.581. The predicted octanol–water partition coefficient (Wildman–Crippen LogP) is 2.93. The fraction of sp³-hybridized carbons (Fsp3) is 0.519. The Morgan fingerprint density at radius 3 is 2.17 bits per heavy atom. The summed E-state index contributed by atoms with van der Waals surface area (Å²) in [7, 11) is 1.61. The Kier molecular flexibility index (Phi) is 5.45. The molecule has 0 aliphatic carbocycles. The SMILES string of the molecule is COc1ccc(-c2ccc3c(N4CC5CCC(C4)O5)nc(N4CC5CCC(C4)O5)nc3n2)cc1CO. The van der Waals surface area contributed by atoms with E-state index in [0.717, 1.165) is 85.8 Å². The van der Waals surface area contributed by atoms with Crippen LogP contribution in [0.1, 0.15) is 31.2 Å².